The van der Waals surface area contributed by atoms with Gasteiger partial charge in [-0.3, -0.25) is 0 Å². The molecule has 0 aliphatic rings. The van der Waals surface area contributed by atoms with Gasteiger partial charge in [0, 0.05) is 0 Å². The summed E-state index contributed by atoms with van der Waals surface area (Å²) in [5.74, 6) is 0.358. The standard InChI is InChI=1S/C7H14O3Si/c1-6(10-7(8)9)5-11(2,3)4/h1,5H2,2-4H3,(H,8,9). The summed E-state index contributed by atoms with van der Waals surface area (Å²) < 4.78 is 4.38. The first kappa shape index (κ1) is 10.2. The van der Waals surface area contributed by atoms with Crippen molar-refractivity contribution < 1.29 is 14.6 Å². The summed E-state index contributed by atoms with van der Waals surface area (Å²) in [6, 6.07) is 0.694. The van der Waals surface area contributed by atoms with Gasteiger partial charge in [-0.05, 0) is 6.04 Å². The van der Waals surface area contributed by atoms with Crippen LogP contribution in [0.2, 0.25) is 25.7 Å². The molecule has 0 amide bonds. The summed E-state index contributed by atoms with van der Waals surface area (Å²) in [7, 11) is -1.27. The van der Waals surface area contributed by atoms with Crippen molar-refractivity contribution in [1.82, 2.24) is 0 Å². The molecular formula is C7H14O3Si. The van der Waals surface area contributed by atoms with Gasteiger partial charge >= 0.3 is 6.16 Å². The van der Waals surface area contributed by atoms with Crippen molar-refractivity contribution in [1.29, 1.82) is 0 Å². The molecule has 3 nitrogen and oxygen atoms in total. The second-order valence-corrected chi connectivity index (χ2v) is 9.12. The number of rotatable bonds is 3. The molecule has 1 N–H and O–H groups in total. The Morgan fingerprint density at radius 2 is 2.00 bits per heavy atom. The van der Waals surface area contributed by atoms with Crippen molar-refractivity contribution in [2.24, 2.45) is 0 Å². The molecular weight excluding hydrogens is 160 g/mol. The summed E-state index contributed by atoms with van der Waals surface area (Å²) >= 11 is 0. The van der Waals surface area contributed by atoms with Gasteiger partial charge in [-0.15, -0.1) is 0 Å². The molecule has 0 spiro atoms. The predicted molar refractivity (Wildman–Crippen MR) is 46.4 cm³/mol. The molecule has 0 heterocycles. The summed E-state index contributed by atoms with van der Waals surface area (Å²) in [6.45, 7) is 9.90. The van der Waals surface area contributed by atoms with Gasteiger partial charge in [-0.1, -0.05) is 26.2 Å². The highest BCUT2D eigenvalue weighted by Gasteiger charge is 2.16. The van der Waals surface area contributed by atoms with Gasteiger partial charge in [-0.2, -0.15) is 0 Å². The van der Waals surface area contributed by atoms with Crippen LogP contribution in [-0.2, 0) is 4.74 Å². The van der Waals surface area contributed by atoms with Gasteiger partial charge in [0.1, 0.15) is 5.76 Å². The molecule has 0 bridgehead atoms. The molecule has 0 aromatic carbocycles. The Labute approximate surface area is 67.7 Å². The van der Waals surface area contributed by atoms with Crippen LogP contribution in [0.25, 0.3) is 0 Å². The Morgan fingerprint density at radius 1 is 1.55 bits per heavy atom. The molecule has 0 atom stereocenters. The minimum atomic E-state index is -1.27. The highest BCUT2D eigenvalue weighted by Crippen LogP contribution is 2.15. The fourth-order valence-corrected chi connectivity index (χ4v) is 2.01. The van der Waals surface area contributed by atoms with Gasteiger partial charge in [0.15, 0.2) is 0 Å². The molecule has 0 saturated heterocycles. The lowest BCUT2D eigenvalue weighted by Gasteiger charge is -2.15. The zero-order chi connectivity index (χ0) is 9.07. The zero-order valence-corrected chi connectivity index (χ0v) is 8.18. The summed E-state index contributed by atoms with van der Waals surface area (Å²) in [5, 5.41) is 8.21. The SMILES string of the molecule is C=C(C[Si](C)(C)C)OC(=O)O. The maximum absolute atomic E-state index is 10.0. The van der Waals surface area contributed by atoms with Crippen LogP contribution in [0.4, 0.5) is 4.79 Å². The van der Waals surface area contributed by atoms with Crippen molar-refractivity contribution in [2.45, 2.75) is 25.7 Å². The average Bonchev–Trinajstić information content (AvgIpc) is 1.53. The Kier molecular flexibility index (Phi) is 3.32. The van der Waals surface area contributed by atoms with E-state index in [1.165, 1.54) is 0 Å². The molecule has 11 heavy (non-hydrogen) atoms. The topological polar surface area (TPSA) is 46.5 Å². The Balaban J connectivity index is 3.80. The first-order valence-corrected chi connectivity index (χ1v) is 7.10. The number of carbonyl (C=O) groups is 1. The summed E-state index contributed by atoms with van der Waals surface area (Å²) in [4.78, 5) is 10.0. The fourth-order valence-electron chi connectivity index (χ4n) is 0.751. The first-order valence-electron chi connectivity index (χ1n) is 3.40. The molecule has 0 aliphatic heterocycles. The van der Waals surface area contributed by atoms with Crippen LogP contribution in [0.15, 0.2) is 12.3 Å². The van der Waals surface area contributed by atoms with Crippen molar-refractivity contribution in [3.05, 3.63) is 12.3 Å². The van der Waals surface area contributed by atoms with Crippen molar-refractivity contribution in [2.75, 3.05) is 0 Å². The molecule has 0 fully saturated rings. The van der Waals surface area contributed by atoms with E-state index in [1.807, 2.05) is 0 Å². The molecule has 0 saturated carbocycles. The van der Waals surface area contributed by atoms with Gasteiger partial charge in [0.2, 0.25) is 0 Å². The predicted octanol–water partition coefficient (Wildman–Crippen LogP) is 2.53. The molecule has 0 radical (unpaired) electrons. The maximum Gasteiger partial charge on any atom is 0.510 e. The summed E-state index contributed by atoms with van der Waals surface area (Å²) in [5.41, 5.74) is 0. The number of hydrogen-bond acceptors (Lipinski definition) is 2. The third-order valence-corrected chi connectivity index (χ3v) is 2.41. The molecule has 4 heteroatoms. The second kappa shape index (κ2) is 3.57. The van der Waals surface area contributed by atoms with Crippen LogP contribution in [-0.4, -0.2) is 19.3 Å². The number of carboxylic acid groups (broad SMARTS) is 1. The lowest BCUT2D eigenvalue weighted by atomic mass is 10.6. The van der Waals surface area contributed by atoms with E-state index in [0.717, 1.165) is 0 Å². The van der Waals surface area contributed by atoms with E-state index in [0.29, 0.717) is 11.8 Å². The fraction of sp³-hybridized carbons (Fsp3) is 0.571. The molecule has 0 aliphatic carbocycles. The Bertz CT molecular complexity index is 169. The first-order chi connectivity index (χ1) is 4.81. The Hall–Kier alpha value is -0.773. The molecule has 64 valence electrons. The van der Waals surface area contributed by atoms with E-state index >= 15 is 0 Å². The summed E-state index contributed by atoms with van der Waals surface area (Å²) in [6.07, 6.45) is -1.27. The van der Waals surface area contributed by atoms with Crippen LogP contribution >= 0.6 is 0 Å². The largest absolute Gasteiger partial charge is 0.510 e. The van der Waals surface area contributed by atoms with Crippen LogP contribution in [0.1, 0.15) is 0 Å². The number of allylic oxidation sites excluding steroid dienone is 1. The molecule has 0 rings (SSSR count). The van der Waals surface area contributed by atoms with E-state index < -0.39 is 14.2 Å². The molecule has 0 aromatic rings. The van der Waals surface area contributed by atoms with Crippen molar-refractivity contribution in [3.63, 3.8) is 0 Å². The normalized spacial score (nSPS) is 10.8. The second-order valence-electron chi connectivity index (χ2n) is 3.64. The average molecular weight is 174 g/mol. The van der Waals surface area contributed by atoms with Crippen molar-refractivity contribution in [3.8, 4) is 0 Å². The minimum absolute atomic E-state index is 0.358. The van der Waals surface area contributed by atoms with E-state index in [9.17, 15) is 4.79 Å². The lowest BCUT2D eigenvalue weighted by Crippen LogP contribution is -2.21. The smallest absolute Gasteiger partial charge is 0.449 e. The molecule has 0 aromatic heterocycles. The third-order valence-electron chi connectivity index (χ3n) is 0.959. The van der Waals surface area contributed by atoms with Crippen molar-refractivity contribution >= 4 is 14.2 Å². The van der Waals surface area contributed by atoms with E-state index in [4.69, 9.17) is 5.11 Å². The van der Waals surface area contributed by atoms with Gasteiger partial charge in [0.05, 0.1) is 8.07 Å². The van der Waals surface area contributed by atoms with Gasteiger partial charge in [-0.25, -0.2) is 4.79 Å². The highest BCUT2D eigenvalue weighted by atomic mass is 28.3. The van der Waals surface area contributed by atoms with E-state index in [2.05, 4.69) is 31.0 Å². The van der Waals surface area contributed by atoms with Crippen LogP contribution in [0, 0.1) is 0 Å². The van der Waals surface area contributed by atoms with Gasteiger partial charge in [0.25, 0.3) is 0 Å². The van der Waals surface area contributed by atoms with Crippen LogP contribution < -0.4 is 0 Å². The van der Waals surface area contributed by atoms with Crippen LogP contribution in [0.5, 0.6) is 0 Å². The van der Waals surface area contributed by atoms with E-state index in [-0.39, 0.29) is 0 Å². The van der Waals surface area contributed by atoms with Gasteiger partial charge < -0.3 is 9.84 Å². The third kappa shape index (κ3) is 7.12. The number of hydrogen-bond donors (Lipinski definition) is 1. The lowest BCUT2D eigenvalue weighted by molar-refractivity contribution is 0.119. The minimum Gasteiger partial charge on any atom is -0.449 e. The zero-order valence-electron chi connectivity index (χ0n) is 7.18. The monoisotopic (exact) mass is 174 g/mol. The number of ether oxygens (including phenoxy) is 1. The van der Waals surface area contributed by atoms with E-state index in [1.54, 1.807) is 0 Å². The van der Waals surface area contributed by atoms with Crippen LogP contribution in [0.3, 0.4) is 0 Å². The highest BCUT2D eigenvalue weighted by molar-refractivity contribution is 6.76. The maximum atomic E-state index is 10.0. The Morgan fingerprint density at radius 3 is 2.27 bits per heavy atom. The molecule has 0 unspecified atom stereocenters. The quantitative estimate of drug-likeness (QED) is 0.406.